The van der Waals surface area contributed by atoms with E-state index in [1.54, 1.807) is 4.90 Å². The SMILES string of the molecule is c1cc(-c2nnc3n2CCCCC3)oc1C[NH+]1CCCCC1. The van der Waals surface area contributed by atoms with Crippen LogP contribution in [0.15, 0.2) is 16.5 Å². The highest BCUT2D eigenvalue weighted by molar-refractivity contribution is 5.47. The summed E-state index contributed by atoms with van der Waals surface area (Å²) >= 11 is 0. The highest BCUT2D eigenvalue weighted by Crippen LogP contribution is 2.24. The first-order valence-electron chi connectivity index (χ1n) is 8.75. The second kappa shape index (κ2) is 6.24. The first kappa shape index (κ1) is 14.0. The summed E-state index contributed by atoms with van der Waals surface area (Å²) in [5, 5.41) is 8.75. The average Bonchev–Trinajstić information content (AvgIpc) is 3.09. The molecule has 2 aromatic heterocycles. The number of aryl methyl sites for hydroxylation is 1. The van der Waals surface area contributed by atoms with Gasteiger partial charge in [0, 0.05) is 13.0 Å². The standard InChI is InChI=1S/C17H24N4O/c1-3-7-16-18-19-17(21(16)12-6-1)15-9-8-14(22-15)13-20-10-4-2-5-11-20/h8-9H,1-7,10-13H2/p+1. The Morgan fingerprint density at radius 2 is 1.86 bits per heavy atom. The van der Waals surface area contributed by atoms with E-state index >= 15 is 0 Å². The van der Waals surface area contributed by atoms with Crippen molar-refractivity contribution in [3.63, 3.8) is 0 Å². The molecular formula is C17H25N4O+. The number of piperidine rings is 1. The molecule has 1 fully saturated rings. The van der Waals surface area contributed by atoms with Gasteiger partial charge in [0.1, 0.15) is 12.4 Å². The molecule has 0 aliphatic carbocycles. The molecule has 5 heteroatoms. The number of nitrogens with zero attached hydrogens (tertiary/aromatic N) is 3. The summed E-state index contributed by atoms with van der Waals surface area (Å²) in [5.74, 6) is 3.99. The Bertz CT molecular complexity index is 624. The highest BCUT2D eigenvalue weighted by Gasteiger charge is 2.20. The molecule has 0 unspecified atom stereocenters. The van der Waals surface area contributed by atoms with E-state index in [0.29, 0.717) is 0 Å². The van der Waals surface area contributed by atoms with Crippen molar-refractivity contribution in [2.45, 2.75) is 58.0 Å². The van der Waals surface area contributed by atoms with Crippen molar-refractivity contribution >= 4 is 0 Å². The van der Waals surface area contributed by atoms with Gasteiger partial charge in [-0.25, -0.2) is 0 Å². The van der Waals surface area contributed by atoms with Gasteiger partial charge in [-0.05, 0) is 44.2 Å². The molecule has 0 radical (unpaired) electrons. The Balaban J connectivity index is 1.52. The third-order valence-electron chi connectivity index (χ3n) is 4.98. The molecule has 5 nitrogen and oxygen atoms in total. The zero-order chi connectivity index (χ0) is 14.8. The van der Waals surface area contributed by atoms with Crippen molar-refractivity contribution < 1.29 is 9.32 Å². The third-order valence-corrected chi connectivity index (χ3v) is 4.98. The molecule has 118 valence electrons. The Labute approximate surface area is 131 Å². The lowest BCUT2D eigenvalue weighted by Crippen LogP contribution is -3.11. The van der Waals surface area contributed by atoms with E-state index in [1.165, 1.54) is 51.6 Å². The maximum absolute atomic E-state index is 6.09. The quantitative estimate of drug-likeness (QED) is 0.941. The molecule has 2 aromatic rings. The molecule has 0 bridgehead atoms. The van der Waals surface area contributed by atoms with E-state index in [9.17, 15) is 0 Å². The molecule has 0 spiro atoms. The van der Waals surface area contributed by atoms with Crippen LogP contribution in [0.1, 0.15) is 50.1 Å². The molecule has 2 aliphatic heterocycles. The number of hydrogen-bond acceptors (Lipinski definition) is 3. The first-order valence-corrected chi connectivity index (χ1v) is 8.75. The predicted molar refractivity (Wildman–Crippen MR) is 83.5 cm³/mol. The molecule has 2 aliphatic rings. The van der Waals surface area contributed by atoms with Crippen LogP contribution >= 0.6 is 0 Å². The van der Waals surface area contributed by atoms with E-state index in [2.05, 4.69) is 26.9 Å². The summed E-state index contributed by atoms with van der Waals surface area (Å²) in [6.45, 7) is 4.57. The molecule has 1 N–H and O–H groups in total. The number of nitrogens with one attached hydrogen (secondary N) is 1. The van der Waals surface area contributed by atoms with Crippen LogP contribution in [0.4, 0.5) is 0 Å². The number of aromatic nitrogens is 3. The predicted octanol–water partition coefficient (Wildman–Crippen LogP) is 1.83. The van der Waals surface area contributed by atoms with Crippen molar-refractivity contribution in [1.29, 1.82) is 0 Å². The fraction of sp³-hybridized carbons (Fsp3) is 0.647. The summed E-state index contributed by atoms with van der Waals surface area (Å²) in [6, 6.07) is 4.19. The molecule has 22 heavy (non-hydrogen) atoms. The monoisotopic (exact) mass is 301 g/mol. The summed E-state index contributed by atoms with van der Waals surface area (Å²) in [7, 11) is 0. The molecule has 1 saturated heterocycles. The normalized spacial score (nSPS) is 19.8. The van der Waals surface area contributed by atoms with E-state index in [4.69, 9.17) is 4.42 Å². The Morgan fingerprint density at radius 1 is 1.00 bits per heavy atom. The van der Waals surface area contributed by atoms with Crippen LogP contribution in [0.3, 0.4) is 0 Å². The van der Waals surface area contributed by atoms with Crippen molar-refractivity contribution in [2.24, 2.45) is 0 Å². The molecule has 4 heterocycles. The molecule has 0 atom stereocenters. The Morgan fingerprint density at radius 3 is 2.77 bits per heavy atom. The number of quaternary nitrogens is 1. The van der Waals surface area contributed by atoms with Crippen LogP contribution in [0.5, 0.6) is 0 Å². The second-order valence-electron chi connectivity index (χ2n) is 6.66. The zero-order valence-corrected chi connectivity index (χ0v) is 13.2. The minimum atomic E-state index is 0.882. The highest BCUT2D eigenvalue weighted by atomic mass is 16.3. The van der Waals surface area contributed by atoms with Gasteiger partial charge in [0.05, 0.1) is 13.1 Å². The second-order valence-corrected chi connectivity index (χ2v) is 6.66. The summed E-state index contributed by atoms with van der Waals surface area (Å²) in [4.78, 5) is 1.65. The van der Waals surface area contributed by atoms with Crippen molar-refractivity contribution in [3.05, 3.63) is 23.7 Å². The number of hydrogen-bond donors (Lipinski definition) is 1. The fourth-order valence-electron chi connectivity index (χ4n) is 3.74. The van der Waals surface area contributed by atoms with Gasteiger partial charge in [-0.1, -0.05) is 6.42 Å². The molecule has 4 rings (SSSR count). The summed E-state index contributed by atoms with van der Waals surface area (Å²) < 4.78 is 8.35. The molecule has 0 saturated carbocycles. The lowest BCUT2D eigenvalue weighted by Gasteiger charge is -2.22. The van der Waals surface area contributed by atoms with Crippen LogP contribution in [0.2, 0.25) is 0 Å². The van der Waals surface area contributed by atoms with E-state index < -0.39 is 0 Å². The molecular weight excluding hydrogens is 276 g/mol. The number of likely N-dealkylation sites (tertiary alicyclic amines) is 1. The number of furan rings is 1. The smallest absolute Gasteiger partial charge is 0.199 e. The van der Waals surface area contributed by atoms with Crippen molar-refractivity contribution in [2.75, 3.05) is 13.1 Å². The first-order chi connectivity index (χ1) is 10.9. The van der Waals surface area contributed by atoms with Crippen LogP contribution < -0.4 is 4.90 Å². The minimum Gasteiger partial charge on any atom is -0.452 e. The number of rotatable bonds is 3. The Hall–Kier alpha value is -1.62. The lowest BCUT2D eigenvalue weighted by molar-refractivity contribution is -0.919. The van der Waals surface area contributed by atoms with E-state index in [0.717, 1.165) is 42.7 Å². The summed E-state index contributed by atoms with van der Waals surface area (Å²) in [5.41, 5.74) is 0. The third kappa shape index (κ3) is 2.82. The van der Waals surface area contributed by atoms with Crippen LogP contribution in [0.25, 0.3) is 11.6 Å². The van der Waals surface area contributed by atoms with Crippen LogP contribution in [-0.2, 0) is 19.5 Å². The van der Waals surface area contributed by atoms with Crippen molar-refractivity contribution in [1.82, 2.24) is 14.8 Å². The minimum absolute atomic E-state index is 0.882. The van der Waals surface area contributed by atoms with Gasteiger partial charge >= 0.3 is 0 Å². The van der Waals surface area contributed by atoms with Gasteiger partial charge in [0.2, 0.25) is 0 Å². The largest absolute Gasteiger partial charge is 0.452 e. The molecule has 0 aromatic carbocycles. The molecule has 0 amide bonds. The maximum atomic E-state index is 6.09. The van der Waals surface area contributed by atoms with Gasteiger partial charge < -0.3 is 13.9 Å². The topological polar surface area (TPSA) is 48.3 Å². The maximum Gasteiger partial charge on any atom is 0.199 e. The van der Waals surface area contributed by atoms with Crippen molar-refractivity contribution in [3.8, 4) is 11.6 Å². The number of fused-ring (bicyclic) bond motifs is 1. The van der Waals surface area contributed by atoms with Gasteiger partial charge in [0.15, 0.2) is 17.3 Å². The fourth-order valence-corrected chi connectivity index (χ4v) is 3.74. The van der Waals surface area contributed by atoms with Crippen LogP contribution in [-0.4, -0.2) is 27.9 Å². The zero-order valence-electron chi connectivity index (χ0n) is 13.2. The van der Waals surface area contributed by atoms with E-state index in [-0.39, 0.29) is 0 Å². The van der Waals surface area contributed by atoms with Crippen LogP contribution in [0, 0.1) is 0 Å². The van der Waals surface area contributed by atoms with Gasteiger partial charge in [-0.2, -0.15) is 0 Å². The Kier molecular flexibility index (Phi) is 3.97. The summed E-state index contributed by atoms with van der Waals surface area (Å²) in [6.07, 6.45) is 8.84. The van der Waals surface area contributed by atoms with Gasteiger partial charge in [-0.15, -0.1) is 10.2 Å². The van der Waals surface area contributed by atoms with Gasteiger partial charge in [-0.3, -0.25) is 0 Å². The lowest BCUT2D eigenvalue weighted by atomic mass is 10.1. The average molecular weight is 301 g/mol. The van der Waals surface area contributed by atoms with E-state index in [1.807, 2.05) is 0 Å². The van der Waals surface area contributed by atoms with Gasteiger partial charge in [0.25, 0.3) is 0 Å².